The van der Waals surface area contributed by atoms with Crippen LogP contribution in [0.4, 0.5) is 0 Å². The van der Waals surface area contributed by atoms with E-state index in [1.807, 2.05) is 36.5 Å². The van der Waals surface area contributed by atoms with Crippen molar-refractivity contribution in [3.05, 3.63) is 42.2 Å². The van der Waals surface area contributed by atoms with Crippen molar-refractivity contribution in [1.82, 2.24) is 15.0 Å². The van der Waals surface area contributed by atoms with Gasteiger partial charge in [0.15, 0.2) is 0 Å². The van der Waals surface area contributed by atoms with E-state index >= 15 is 0 Å². The van der Waals surface area contributed by atoms with Gasteiger partial charge in [-0.2, -0.15) is 0 Å². The number of hydrogen-bond acceptors (Lipinski definition) is 5. The minimum absolute atomic E-state index is 0.159. The maximum absolute atomic E-state index is 6.54. The van der Waals surface area contributed by atoms with Crippen molar-refractivity contribution in [2.24, 2.45) is 11.3 Å². The highest BCUT2D eigenvalue weighted by Crippen LogP contribution is 2.70. The van der Waals surface area contributed by atoms with Crippen LogP contribution in [0.2, 0.25) is 0 Å². The van der Waals surface area contributed by atoms with Gasteiger partial charge in [0.25, 0.3) is 0 Å². The van der Waals surface area contributed by atoms with Crippen LogP contribution in [0, 0.1) is 11.3 Å². The molecule has 0 radical (unpaired) electrons. The molecule has 2 aromatic rings. The number of rotatable bonds is 5. The molecule has 1 aromatic carbocycles. The summed E-state index contributed by atoms with van der Waals surface area (Å²) in [5.41, 5.74) is 0.609. The molecule has 4 aliphatic rings. The summed E-state index contributed by atoms with van der Waals surface area (Å²) in [7, 11) is -0.280. The first kappa shape index (κ1) is 17.3. The highest BCUT2D eigenvalue weighted by Gasteiger charge is 2.76. The van der Waals surface area contributed by atoms with Crippen molar-refractivity contribution < 1.29 is 14.0 Å². The van der Waals surface area contributed by atoms with E-state index < -0.39 is 0 Å². The Morgan fingerprint density at radius 2 is 2.04 bits per heavy atom. The van der Waals surface area contributed by atoms with E-state index in [9.17, 15) is 0 Å². The SMILES string of the molecule is CC12CCC3CC1(OB(Cn1cc(COc4ccccc4)nn1)O2)C3(C)C. The zero-order chi connectivity index (χ0) is 18.7. The second-order valence-corrected chi connectivity index (χ2v) is 8.92. The minimum atomic E-state index is -0.280. The van der Waals surface area contributed by atoms with Gasteiger partial charge >= 0.3 is 7.12 Å². The molecule has 1 spiro atoms. The van der Waals surface area contributed by atoms with Gasteiger partial charge in [-0.3, -0.25) is 4.68 Å². The van der Waals surface area contributed by atoms with E-state index in [1.54, 1.807) is 4.68 Å². The van der Waals surface area contributed by atoms with Gasteiger partial charge in [0.2, 0.25) is 0 Å². The number of nitrogens with zero attached hydrogens (tertiary/aromatic N) is 3. The van der Waals surface area contributed by atoms with Crippen molar-refractivity contribution in [2.75, 3.05) is 0 Å². The van der Waals surface area contributed by atoms with E-state index in [0.717, 1.165) is 30.2 Å². The third-order valence-electron chi connectivity index (χ3n) is 7.20. The Morgan fingerprint density at radius 1 is 1.22 bits per heavy atom. The highest BCUT2D eigenvalue weighted by molar-refractivity contribution is 6.44. The second-order valence-electron chi connectivity index (χ2n) is 8.92. The van der Waals surface area contributed by atoms with Crippen molar-refractivity contribution in [3.63, 3.8) is 0 Å². The van der Waals surface area contributed by atoms with Crippen LogP contribution in [0.15, 0.2) is 36.5 Å². The summed E-state index contributed by atoms with van der Waals surface area (Å²) < 4.78 is 20.5. The fourth-order valence-electron chi connectivity index (χ4n) is 5.49. The van der Waals surface area contributed by atoms with Gasteiger partial charge in [-0.15, -0.1) is 5.10 Å². The Kier molecular flexibility index (Phi) is 3.72. The van der Waals surface area contributed by atoms with E-state index in [1.165, 1.54) is 6.42 Å². The van der Waals surface area contributed by atoms with E-state index in [4.69, 9.17) is 14.0 Å². The molecule has 3 atom stereocenters. The lowest BCUT2D eigenvalue weighted by Gasteiger charge is -2.69. The molecule has 3 saturated carbocycles. The molecule has 0 amide bonds. The van der Waals surface area contributed by atoms with Crippen LogP contribution < -0.4 is 4.74 Å². The molecule has 1 saturated heterocycles. The second kappa shape index (κ2) is 5.82. The summed E-state index contributed by atoms with van der Waals surface area (Å²) in [4.78, 5) is 0. The number of aromatic nitrogens is 3. The normalized spacial score (nSPS) is 33.4. The fourth-order valence-corrected chi connectivity index (χ4v) is 5.49. The lowest BCUT2D eigenvalue weighted by molar-refractivity contribution is -0.257. The standard InChI is InChI=1S/C20H26BN3O3/c1-18(2)15-9-10-19(3)20(18,11-15)27-21(26-19)14-24-12-16(22-23-24)13-25-17-7-5-4-6-8-17/h4-8,12,15H,9-11,13-14H2,1-3H3. The molecule has 4 fully saturated rings. The molecule has 7 heteroatoms. The Balaban J connectivity index is 1.24. The molecule has 3 unspecified atom stereocenters. The number of fused-ring (bicyclic) bond motifs is 1. The summed E-state index contributed by atoms with van der Waals surface area (Å²) in [5, 5.41) is 8.44. The Hall–Kier alpha value is -1.86. The van der Waals surface area contributed by atoms with Crippen LogP contribution >= 0.6 is 0 Å². The van der Waals surface area contributed by atoms with Gasteiger partial charge in [-0.25, -0.2) is 0 Å². The quantitative estimate of drug-likeness (QED) is 0.760. The highest BCUT2D eigenvalue weighted by atomic mass is 16.7. The number of ether oxygens (including phenoxy) is 1. The molecule has 2 bridgehead atoms. The van der Waals surface area contributed by atoms with Crippen LogP contribution in [0.3, 0.4) is 0 Å². The molecule has 0 N–H and O–H groups in total. The van der Waals surface area contributed by atoms with Crippen LogP contribution in [0.25, 0.3) is 0 Å². The van der Waals surface area contributed by atoms with E-state index in [0.29, 0.717) is 13.1 Å². The van der Waals surface area contributed by atoms with Crippen LogP contribution in [0.5, 0.6) is 5.75 Å². The third kappa shape index (κ3) is 2.48. The molecule has 1 aliphatic heterocycles. The Morgan fingerprint density at radius 3 is 2.78 bits per heavy atom. The van der Waals surface area contributed by atoms with Gasteiger partial charge in [-0.1, -0.05) is 37.3 Å². The zero-order valence-corrected chi connectivity index (χ0v) is 16.2. The number of para-hydroxylation sites is 1. The van der Waals surface area contributed by atoms with Crippen LogP contribution in [-0.4, -0.2) is 33.3 Å². The maximum Gasteiger partial charge on any atom is 0.481 e. The van der Waals surface area contributed by atoms with Gasteiger partial charge < -0.3 is 14.0 Å². The molecule has 1 aromatic heterocycles. The monoisotopic (exact) mass is 367 g/mol. The lowest BCUT2D eigenvalue weighted by Crippen LogP contribution is -2.73. The van der Waals surface area contributed by atoms with Crippen molar-refractivity contribution in [2.45, 2.75) is 64.3 Å². The van der Waals surface area contributed by atoms with Gasteiger partial charge in [0.05, 0.1) is 23.8 Å². The summed E-state index contributed by atoms with van der Waals surface area (Å²) in [6.45, 7) is 7.29. The average molecular weight is 367 g/mol. The van der Waals surface area contributed by atoms with Crippen molar-refractivity contribution in [3.8, 4) is 5.75 Å². The molecule has 142 valence electrons. The largest absolute Gasteiger partial charge is 0.487 e. The molecule has 2 heterocycles. The first-order valence-electron chi connectivity index (χ1n) is 9.84. The van der Waals surface area contributed by atoms with E-state index in [2.05, 4.69) is 31.1 Å². The van der Waals surface area contributed by atoms with Crippen molar-refractivity contribution in [1.29, 1.82) is 0 Å². The molecule has 6 nitrogen and oxygen atoms in total. The summed E-state index contributed by atoms with van der Waals surface area (Å²) in [6.07, 6.45) is 5.88. The summed E-state index contributed by atoms with van der Waals surface area (Å²) in [5.74, 6) is 1.58. The Bertz CT molecular complexity index is 842. The van der Waals surface area contributed by atoms with Crippen molar-refractivity contribution >= 4 is 7.12 Å². The average Bonchev–Trinajstić information content (AvgIpc) is 3.23. The summed E-state index contributed by atoms with van der Waals surface area (Å²) in [6, 6.07) is 9.73. The predicted molar refractivity (Wildman–Crippen MR) is 101 cm³/mol. The predicted octanol–water partition coefficient (Wildman–Crippen LogP) is 3.27. The molecular formula is C20H26BN3O3. The van der Waals surface area contributed by atoms with Gasteiger partial charge in [0, 0.05) is 0 Å². The lowest BCUT2D eigenvalue weighted by atomic mass is 9.41. The first-order valence-corrected chi connectivity index (χ1v) is 9.84. The molecular weight excluding hydrogens is 341 g/mol. The molecule has 6 rings (SSSR count). The van der Waals surface area contributed by atoms with Crippen LogP contribution in [-0.2, 0) is 22.4 Å². The summed E-state index contributed by atoms with van der Waals surface area (Å²) >= 11 is 0. The van der Waals surface area contributed by atoms with Gasteiger partial charge in [-0.05, 0) is 49.7 Å². The minimum Gasteiger partial charge on any atom is -0.487 e. The Labute approximate surface area is 160 Å². The topological polar surface area (TPSA) is 58.4 Å². The van der Waals surface area contributed by atoms with Crippen LogP contribution in [0.1, 0.15) is 45.7 Å². The first-order chi connectivity index (χ1) is 12.9. The van der Waals surface area contributed by atoms with E-state index in [-0.39, 0.29) is 23.7 Å². The number of hydrogen-bond donors (Lipinski definition) is 0. The zero-order valence-electron chi connectivity index (χ0n) is 16.2. The number of benzene rings is 1. The van der Waals surface area contributed by atoms with Gasteiger partial charge in [0.1, 0.15) is 18.1 Å². The molecule has 3 aliphatic carbocycles. The third-order valence-corrected chi connectivity index (χ3v) is 7.20. The smallest absolute Gasteiger partial charge is 0.481 e. The maximum atomic E-state index is 6.54. The fraction of sp³-hybridized carbons (Fsp3) is 0.600. The molecule has 27 heavy (non-hydrogen) atoms.